The summed E-state index contributed by atoms with van der Waals surface area (Å²) in [4.78, 5) is 37.2. The van der Waals surface area contributed by atoms with Crippen LogP contribution in [0.25, 0.3) is 0 Å². The number of anilines is 1. The van der Waals surface area contributed by atoms with Gasteiger partial charge >= 0.3 is 0 Å². The average molecular weight is 527 g/mol. The second-order valence-electron chi connectivity index (χ2n) is 6.99. The number of hydrogen-bond donors (Lipinski definition) is 1. The zero-order chi connectivity index (χ0) is 24.1. The third-order valence-corrected chi connectivity index (χ3v) is 6.30. The number of nitrogens with one attached hydrogen (secondary N) is 1. The minimum Gasteiger partial charge on any atom is -0.357 e. The number of likely N-dealkylation sites (N-methyl/N-ethyl adjacent to an activating group) is 1. The Hall–Kier alpha value is -2.99. The minimum absolute atomic E-state index is 0.0231. The largest absolute Gasteiger partial charge is 0.357 e. The van der Waals surface area contributed by atoms with Crippen LogP contribution in [-0.2, 0) is 26.2 Å². The quantitative estimate of drug-likeness (QED) is 0.394. The van der Waals surface area contributed by atoms with Crippen molar-refractivity contribution in [3.8, 4) is 0 Å². The maximum Gasteiger partial charge on any atom is 0.271 e. The Morgan fingerprint density at radius 1 is 1.19 bits per heavy atom. The predicted octanol–water partition coefficient (Wildman–Crippen LogP) is 2.29. The van der Waals surface area contributed by atoms with E-state index in [0.29, 0.717) is 0 Å². The van der Waals surface area contributed by atoms with Crippen molar-refractivity contribution >= 4 is 49.1 Å². The van der Waals surface area contributed by atoms with E-state index < -0.39 is 39.3 Å². The van der Waals surface area contributed by atoms with Gasteiger partial charge in [0, 0.05) is 30.2 Å². The minimum atomic E-state index is -3.96. The summed E-state index contributed by atoms with van der Waals surface area (Å²) in [5, 5.41) is 13.6. The molecule has 10 nitrogen and oxygen atoms in total. The van der Waals surface area contributed by atoms with E-state index in [1.165, 1.54) is 37.1 Å². The molecule has 2 amide bonds. The van der Waals surface area contributed by atoms with Crippen LogP contribution < -0.4 is 9.62 Å². The number of benzene rings is 2. The van der Waals surface area contributed by atoms with Crippen molar-refractivity contribution in [2.45, 2.75) is 19.5 Å². The molecule has 2 aromatic carbocycles. The smallest absolute Gasteiger partial charge is 0.271 e. The standard InChI is InChI=1S/C20H23BrN4O6S/c1-14(20(27)22-2)23(12-15-6-4-7-16(21)10-15)19(26)13-24(32(3,30)31)17-8-5-9-18(11-17)25(28)29/h4-11,14H,12-13H2,1-3H3,(H,22,27)/t14-/m0/s1. The number of halogens is 1. The van der Waals surface area contributed by atoms with Crippen LogP contribution in [0.4, 0.5) is 11.4 Å². The van der Waals surface area contributed by atoms with Crippen LogP contribution >= 0.6 is 15.9 Å². The third kappa shape index (κ3) is 6.50. The number of carbonyl (C=O) groups is 2. The van der Waals surface area contributed by atoms with E-state index in [1.807, 2.05) is 6.07 Å². The van der Waals surface area contributed by atoms with Gasteiger partial charge in [0.1, 0.15) is 12.6 Å². The zero-order valence-corrected chi connectivity index (χ0v) is 20.1. The number of amides is 2. The molecular formula is C20H23BrN4O6S. The summed E-state index contributed by atoms with van der Waals surface area (Å²) >= 11 is 3.36. The van der Waals surface area contributed by atoms with E-state index in [9.17, 15) is 28.1 Å². The van der Waals surface area contributed by atoms with Crippen LogP contribution in [0.15, 0.2) is 53.0 Å². The molecule has 2 aromatic rings. The normalized spacial score (nSPS) is 12.0. The Morgan fingerprint density at radius 2 is 1.84 bits per heavy atom. The highest BCUT2D eigenvalue weighted by molar-refractivity contribution is 9.10. The maximum atomic E-state index is 13.2. The Morgan fingerprint density at radius 3 is 2.41 bits per heavy atom. The molecule has 0 aromatic heterocycles. The third-order valence-electron chi connectivity index (χ3n) is 4.66. The molecule has 0 heterocycles. The van der Waals surface area contributed by atoms with E-state index in [0.717, 1.165) is 26.7 Å². The molecule has 0 bridgehead atoms. The van der Waals surface area contributed by atoms with Gasteiger partial charge in [0.05, 0.1) is 16.9 Å². The number of hydrogen-bond acceptors (Lipinski definition) is 6. The fourth-order valence-corrected chi connectivity index (χ4v) is 4.29. The monoisotopic (exact) mass is 526 g/mol. The molecular weight excluding hydrogens is 504 g/mol. The van der Waals surface area contributed by atoms with Crippen LogP contribution in [0, 0.1) is 10.1 Å². The lowest BCUT2D eigenvalue weighted by Crippen LogP contribution is -2.50. The van der Waals surface area contributed by atoms with Crippen LogP contribution in [0.2, 0.25) is 0 Å². The molecule has 1 N–H and O–H groups in total. The highest BCUT2D eigenvalue weighted by Crippen LogP contribution is 2.24. The number of nitrogens with zero attached hydrogens (tertiary/aromatic N) is 3. The first-order chi connectivity index (χ1) is 14.9. The summed E-state index contributed by atoms with van der Waals surface area (Å²) in [6, 6.07) is 11.3. The molecule has 0 aliphatic carbocycles. The Labute approximate surface area is 194 Å². The summed E-state index contributed by atoms with van der Waals surface area (Å²) < 4.78 is 26.4. The second kappa shape index (κ2) is 10.6. The van der Waals surface area contributed by atoms with Crippen molar-refractivity contribution in [3.05, 3.63) is 68.7 Å². The molecule has 0 saturated carbocycles. The van der Waals surface area contributed by atoms with Gasteiger partial charge in [-0.15, -0.1) is 0 Å². The van der Waals surface area contributed by atoms with Crippen molar-refractivity contribution in [1.82, 2.24) is 10.2 Å². The number of non-ortho nitro benzene ring substituents is 1. The van der Waals surface area contributed by atoms with Gasteiger partial charge in [0.2, 0.25) is 21.8 Å². The second-order valence-corrected chi connectivity index (χ2v) is 9.81. The molecule has 0 radical (unpaired) electrons. The Kier molecular flexibility index (Phi) is 8.33. The summed E-state index contributed by atoms with van der Waals surface area (Å²) in [5.41, 5.74) is 0.392. The SMILES string of the molecule is CNC(=O)[C@H](C)N(Cc1cccc(Br)c1)C(=O)CN(c1cccc([N+](=O)[O-])c1)S(C)(=O)=O. The van der Waals surface area contributed by atoms with Gasteiger partial charge in [-0.25, -0.2) is 8.42 Å². The fraction of sp³-hybridized carbons (Fsp3) is 0.300. The van der Waals surface area contributed by atoms with E-state index >= 15 is 0 Å². The van der Waals surface area contributed by atoms with Gasteiger partial charge < -0.3 is 10.2 Å². The van der Waals surface area contributed by atoms with Crippen LogP contribution in [-0.4, -0.2) is 55.9 Å². The lowest BCUT2D eigenvalue weighted by Gasteiger charge is -2.31. The number of sulfonamides is 1. The van der Waals surface area contributed by atoms with Crippen molar-refractivity contribution in [1.29, 1.82) is 0 Å². The highest BCUT2D eigenvalue weighted by Gasteiger charge is 2.30. The topological polar surface area (TPSA) is 130 Å². The van der Waals surface area contributed by atoms with Crippen LogP contribution in [0.5, 0.6) is 0 Å². The van der Waals surface area contributed by atoms with Crippen molar-refractivity contribution < 1.29 is 22.9 Å². The molecule has 1 atom stereocenters. The predicted molar refractivity (Wildman–Crippen MR) is 124 cm³/mol. The van der Waals surface area contributed by atoms with E-state index in [2.05, 4.69) is 21.2 Å². The maximum absolute atomic E-state index is 13.2. The number of rotatable bonds is 9. The first kappa shape index (κ1) is 25.3. The first-order valence-electron chi connectivity index (χ1n) is 9.41. The van der Waals surface area contributed by atoms with Gasteiger partial charge in [-0.05, 0) is 30.7 Å². The molecule has 0 aliphatic heterocycles. The van der Waals surface area contributed by atoms with Crippen molar-refractivity contribution in [2.24, 2.45) is 0 Å². The van der Waals surface area contributed by atoms with Gasteiger partial charge in [-0.2, -0.15) is 0 Å². The summed E-state index contributed by atoms with van der Waals surface area (Å²) in [7, 11) is -2.53. The molecule has 32 heavy (non-hydrogen) atoms. The molecule has 12 heteroatoms. The lowest BCUT2D eigenvalue weighted by molar-refractivity contribution is -0.384. The molecule has 0 aliphatic rings. The number of carbonyl (C=O) groups excluding carboxylic acids is 2. The zero-order valence-electron chi connectivity index (χ0n) is 17.7. The summed E-state index contributed by atoms with van der Waals surface area (Å²) in [6.45, 7) is 0.960. The van der Waals surface area contributed by atoms with Crippen molar-refractivity contribution in [3.63, 3.8) is 0 Å². The molecule has 2 rings (SSSR count). The molecule has 0 spiro atoms. The van der Waals surface area contributed by atoms with Crippen LogP contribution in [0.1, 0.15) is 12.5 Å². The van der Waals surface area contributed by atoms with E-state index in [1.54, 1.807) is 18.2 Å². The fourth-order valence-electron chi connectivity index (χ4n) is 3.00. The van der Waals surface area contributed by atoms with Crippen LogP contribution in [0.3, 0.4) is 0 Å². The van der Waals surface area contributed by atoms with Gasteiger partial charge in [-0.1, -0.05) is 34.1 Å². The highest BCUT2D eigenvalue weighted by atomic mass is 79.9. The summed E-state index contributed by atoms with van der Waals surface area (Å²) in [6.07, 6.45) is 0.903. The van der Waals surface area contributed by atoms with E-state index in [4.69, 9.17) is 0 Å². The van der Waals surface area contributed by atoms with Gasteiger partial charge in [0.25, 0.3) is 5.69 Å². The molecule has 172 valence electrons. The van der Waals surface area contributed by atoms with E-state index in [-0.39, 0.29) is 17.9 Å². The lowest BCUT2D eigenvalue weighted by atomic mass is 10.1. The molecule has 0 fully saturated rings. The summed E-state index contributed by atoms with van der Waals surface area (Å²) in [5.74, 6) is -1.06. The van der Waals surface area contributed by atoms with Gasteiger partial charge in [-0.3, -0.25) is 24.0 Å². The molecule has 0 saturated heterocycles. The average Bonchev–Trinajstić information content (AvgIpc) is 2.73. The Balaban J connectivity index is 2.42. The van der Waals surface area contributed by atoms with Crippen molar-refractivity contribution in [2.75, 3.05) is 24.2 Å². The Bertz CT molecular complexity index is 1120. The van der Waals surface area contributed by atoms with Gasteiger partial charge in [0.15, 0.2) is 0 Å². The molecule has 0 unspecified atom stereocenters. The number of nitro groups is 1. The first-order valence-corrected chi connectivity index (χ1v) is 12.1. The number of nitro benzene ring substituents is 1.